The van der Waals surface area contributed by atoms with Gasteiger partial charge in [0.1, 0.15) is 11.4 Å². The fraction of sp³-hybridized carbons (Fsp3) is 0.294. The maximum absolute atomic E-state index is 12.4. The van der Waals surface area contributed by atoms with Crippen LogP contribution in [0.2, 0.25) is 5.02 Å². The standard InChI is InChI=1S/C17H19BrClN3O/c1-17(2,22-15-7-6-14(19)11-21-15)16(23)20-9-8-12-4-3-5-13(18)10-12/h3-7,10-11H,8-9H2,1-2H3,(H,20,23)(H,21,22). The fourth-order valence-electron chi connectivity index (χ4n) is 2.06. The summed E-state index contributed by atoms with van der Waals surface area (Å²) in [4.78, 5) is 16.5. The molecule has 1 amide bonds. The molecular weight excluding hydrogens is 378 g/mol. The number of anilines is 1. The SMILES string of the molecule is CC(C)(Nc1ccc(Cl)cn1)C(=O)NCCc1cccc(Br)c1. The van der Waals surface area contributed by atoms with Crippen LogP contribution in [0.4, 0.5) is 5.82 Å². The Morgan fingerprint density at radius 1 is 1.30 bits per heavy atom. The van der Waals surface area contributed by atoms with E-state index in [1.165, 1.54) is 5.56 Å². The van der Waals surface area contributed by atoms with Gasteiger partial charge in [-0.25, -0.2) is 4.98 Å². The van der Waals surface area contributed by atoms with Crippen molar-refractivity contribution in [2.45, 2.75) is 25.8 Å². The first kappa shape index (κ1) is 17.8. The lowest BCUT2D eigenvalue weighted by molar-refractivity contribution is -0.124. The molecule has 2 N–H and O–H groups in total. The molecule has 0 radical (unpaired) electrons. The zero-order valence-corrected chi connectivity index (χ0v) is 15.4. The molecule has 0 fully saturated rings. The molecule has 0 saturated heterocycles. The Balaban J connectivity index is 1.87. The molecule has 2 rings (SSSR count). The normalized spacial score (nSPS) is 11.1. The maximum Gasteiger partial charge on any atom is 0.245 e. The van der Waals surface area contributed by atoms with E-state index in [1.54, 1.807) is 18.3 Å². The minimum atomic E-state index is -0.766. The summed E-state index contributed by atoms with van der Waals surface area (Å²) in [5.41, 5.74) is 0.405. The first-order chi connectivity index (χ1) is 10.9. The molecule has 6 heteroatoms. The maximum atomic E-state index is 12.4. The van der Waals surface area contributed by atoms with E-state index in [4.69, 9.17) is 11.6 Å². The number of carbonyl (C=O) groups is 1. The number of carbonyl (C=O) groups excluding carboxylic acids is 1. The zero-order chi connectivity index (χ0) is 16.9. The lowest BCUT2D eigenvalue weighted by atomic mass is 10.0. The highest BCUT2D eigenvalue weighted by Gasteiger charge is 2.27. The van der Waals surface area contributed by atoms with Gasteiger partial charge >= 0.3 is 0 Å². The van der Waals surface area contributed by atoms with Gasteiger partial charge in [0.05, 0.1) is 5.02 Å². The van der Waals surface area contributed by atoms with E-state index in [0.29, 0.717) is 17.4 Å². The summed E-state index contributed by atoms with van der Waals surface area (Å²) < 4.78 is 1.04. The number of nitrogens with zero attached hydrogens (tertiary/aromatic N) is 1. The Hall–Kier alpha value is -1.59. The van der Waals surface area contributed by atoms with E-state index in [0.717, 1.165) is 10.9 Å². The molecule has 0 aliphatic heterocycles. The number of pyridine rings is 1. The molecule has 122 valence electrons. The number of hydrogen-bond acceptors (Lipinski definition) is 3. The molecule has 0 bridgehead atoms. The van der Waals surface area contributed by atoms with Crippen molar-refractivity contribution in [3.05, 3.63) is 57.7 Å². The van der Waals surface area contributed by atoms with Crippen LogP contribution in [0, 0.1) is 0 Å². The third-order valence-corrected chi connectivity index (χ3v) is 4.04. The van der Waals surface area contributed by atoms with Crippen LogP contribution in [-0.4, -0.2) is 23.0 Å². The quantitative estimate of drug-likeness (QED) is 0.774. The largest absolute Gasteiger partial charge is 0.356 e. The van der Waals surface area contributed by atoms with Crippen molar-refractivity contribution in [1.82, 2.24) is 10.3 Å². The van der Waals surface area contributed by atoms with Crippen molar-refractivity contribution in [3.8, 4) is 0 Å². The fourth-order valence-corrected chi connectivity index (χ4v) is 2.62. The summed E-state index contributed by atoms with van der Waals surface area (Å²) >= 11 is 9.25. The highest BCUT2D eigenvalue weighted by Crippen LogP contribution is 2.15. The average molecular weight is 397 g/mol. The molecule has 1 aromatic heterocycles. The van der Waals surface area contributed by atoms with Gasteiger partial charge in [-0.2, -0.15) is 0 Å². The number of rotatable bonds is 6. The molecule has 0 spiro atoms. The second-order valence-electron chi connectivity index (χ2n) is 5.75. The third-order valence-electron chi connectivity index (χ3n) is 3.32. The Bertz CT molecular complexity index is 674. The molecule has 0 saturated carbocycles. The van der Waals surface area contributed by atoms with Crippen molar-refractivity contribution in [1.29, 1.82) is 0 Å². The van der Waals surface area contributed by atoms with Gasteiger partial charge in [-0.1, -0.05) is 39.7 Å². The topological polar surface area (TPSA) is 54.0 Å². The van der Waals surface area contributed by atoms with Gasteiger partial charge in [0.15, 0.2) is 0 Å². The minimum Gasteiger partial charge on any atom is -0.356 e. The summed E-state index contributed by atoms with van der Waals surface area (Å²) in [6, 6.07) is 11.5. The molecule has 1 aromatic carbocycles. The number of benzene rings is 1. The molecule has 1 heterocycles. The summed E-state index contributed by atoms with van der Waals surface area (Å²) in [7, 11) is 0. The molecule has 2 aromatic rings. The number of hydrogen-bond donors (Lipinski definition) is 2. The minimum absolute atomic E-state index is 0.0794. The van der Waals surface area contributed by atoms with Crippen molar-refractivity contribution in [3.63, 3.8) is 0 Å². The molecule has 4 nitrogen and oxygen atoms in total. The van der Waals surface area contributed by atoms with Gasteiger partial charge in [-0.15, -0.1) is 0 Å². The van der Waals surface area contributed by atoms with E-state index >= 15 is 0 Å². The second-order valence-corrected chi connectivity index (χ2v) is 7.10. The van der Waals surface area contributed by atoms with Crippen LogP contribution in [0.15, 0.2) is 47.1 Å². The number of aromatic nitrogens is 1. The van der Waals surface area contributed by atoms with Crippen LogP contribution in [0.25, 0.3) is 0 Å². The summed E-state index contributed by atoms with van der Waals surface area (Å²) in [6.07, 6.45) is 2.32. The van der Waals surface area contributed by atoms with Crippen LogP contribution in [0.5, 0.6) is 0 Å². The van der Waals surface area contributed by atoms with Gasteiger partial charge in [0.25, 0.3) is 0 Å². The van der Waals surface area contributed by atoms with Gasteiger partial charge in [-0.3, -0.25) is 4.79 Å². The van der Waals surface area contributed by atoms with Gasteiger partial charge < -0.3 is 10.6 Å². The van der Waals surface area contributed by atoms with E-state index in [2.05, 4.69) is 31.5 Å². The van der Waals surface area contributed by atoms with E-state index < -0.39 is 5.54 Å². The van der Waals surface area contributed by atoms with Crippen molar-refractivity contribution in [2.75, 3.05) is 11.9 Å². The molecule has 0 aliphatic rings. The van der Waals surface area contributed by atoms with Crippen LogP contribution in [0.1, 0.15) is 19.4 Å². The molecule has 0 aliphatic carbocycles. The lowest BCUT2D eigenvalue weighted by Crippen LogP contribution is -2.48. The van der Waals surface area contributed by atoms with Crippen LogP contribution in [0.3, 0.4) is 0 Å². The smallest absolute Gasteiger partial charge is 0.245 e. The van der Waals surface area contributed by atoms with Crippen molar-refractivity contribution in [2.24, 2.45) is 0 Å². The summed E-state index contributed by atoms with van der Waals surface area (Å²) in [5.74, 6) is 0.533. The highest BCUT2D eigenvalue weighted by atomic mass is 79.9. The van der Waals surface area contributed by atoms with Gasteiger partial charge in [-0.05, 0) is 50.1 Å². The summed E-state index contributed by atoms with van der Waals surface area (Å²) in [5, 5.41) is 6.63. The predicted octanol–water partition coefficient (Wildman–Crippen LogP) is 4.05. The highest BCUT2D eigenvalue weighted by molar-refractivity contribution is 9.10. The lowest BCUT2D eigenvalue weighted by Gasteiger charge is -2.25. The number of halogens is 2. The van der Waals surface area contributed by atoms with E-state index in [1.807, 2.05) is 38.1 Å². The number of amides is 1. The van der Waals surface area contributed by atoms with Crippen LogP contribution in [-0.2, 0) is 11.2 Å². The summed E-state index contributed by atoms with van der Waals surface area (Å²) in [6.45, 7) is 4.21. The van der Waals surface area contributed by atoms with E-state index in [-0.39, 0.29) is 5.91 Å². The van der Waals surface area contributed by atoms with Crippen molar-refractivity contribution < 1.29 is 4.79 Å². The van der Waals surface area contributed by atoms with E-state index in [9.17, 15) is 4.79 Å². The van der Waals surface area contributed by atoms with Crippen LogP contribution < -0.4 is 10.6 Å². The molecule has 23 heavy (non-hydrogen) atoms. The molecule has 0 unspecified atom stereocenters. The Morgan fingerprint density at radius 3 is 2.74 bits per heavy atom. The first-order valence-electron chi connectivity index (χ1n) is 7.29. The Morgan fingerprint density at radius 2 is 2.09 bits per heavy atom. The van der Waals surface area contributed by atoms with Gasteiger partial charge in [0.2, 0.25) is 5.91 Å². The molecule has 0 atom stereocenters. The first-order valence-corrected chi connectivity index (χ1v) is 8.46. The Labute approximate surface area is 149 Å². The Kier molecular flexibility index (Phi) is 6.02. The van der Waals surface area contributed by atoms with Crippen LogP contribution >= 0.6 is 27.5 Å². The average Bonchev–Trinajstić information content (AvgIpc) is 2.49. The monoisotopic (exact) mass is 395 g/mol. The second kappa shape index (κ2) is 7.79. The zero-order valence-electron chi connectivity index (χ0n) is 13.1. The van der Waals surface area contributed by atoms with Crippen molar-refractivity contribution >= 4 is 39.3 Å². The van der Waals surface area contributed by atoms with Gasteiger partial charge in [0, 0.05) is 17.2 Å². The third kappa shape index (κ3) is 5.52. The predicted molar refractivity (Wildman–Crippen MR) is 97.8 cm³/mol. The molecular formula is C17H19BrClN3O. The number of nitrogens with one attached hydrogen (secondary N) is 2.